The van der Waals surface area contributed by atoms with Gasteiger partial charge in [-0.15, -0.1) is 0 Å². The summed E-state index contributed by atoms with van der Waals surface area (Å²) in [6.07, 6.45) is 0.930. The van der Waals surface area contributed by atoms with Gasteiger partial charge in [0.05, 0.1) is 12.3 Å². The van der Waals surface area contributed by atoms with E-state index >= 15 is 0 Å². The monoisotopic (exact) mass is 206 g/mol. The third kappa shape index (κ3) is 1.68. The van der Waals surface area contributed by atoms with Crippen molar-refractivity contribution in [2.75, 3.05) is 11.6 Å². The van der Waals surface area contributed by atoms with Crippen LogP contribution in [0.2, 0.25) is 0 Å². The summed E-state index contributed by atoms with van der Waals surface area (Å²) in [4.78, 5) is 12.6. The molecule has 80 valence electrons. The first-order valence-electron chi connectivity index (χ1n) is 4.99. The molecular formula is C11H14N2O2. The normalized spacial score (nSPS) is 14.9. The Morgan fingerprint density at radius 1 is 1.60 bits per heavy atom. The van der Waals surface area contributed by atoms with Crippen LogP contribution in [0.1, 0.15) is 18.1 Å². The third-order valence-corrected chi connectivity index (χ3v) is 2.65. The number of nitrogens with two attached hydrogens (primary N) is 1. The minimum absolute atomic E-state index is 0.246. The Labute approximate surface area is 88.6 Å². The highest BCUT2D eigenvalue weighted by Crippen LogP contribution is 2.28. The summed E-state index contributed by atoms with van der Waals surface area (Å²) in [6, 6.07) is 5.43. The predicted molar refractivity (Wildman–Crippen MR) is 57.5 cm³/mol. The van der Waals surface area contributed by atoms with Gasteiger partial charge in [0.2, 0.25) is 0 Å². The Balaban J connectivity index is 2.48. The molecule has 0 aliphatic carbocycles. The zero-order valence-corrected chi connectivity index (χ0v) is 8.69. The maximum atomic E-state index is 11.2. The van der Waals surface area contributed by atoms with E-state index in [-0.39, 0.29) is 6.73 Å². The molecule has 0 radical (unpaired) electrons. The van der Waals surface area contributed by atoms with Gasteiger partial charge in [-0.05, 0) is 18.1 Å². The molecule has 1 aromatic rings. The van der Waals surface area contributed by atoms with Crippen molar-refractivity contribution in [3.05, 3.63) is 29.3 Å². The van der Waals surface area contributed by atoms with Gasteiger partial charge in [0.25, 0.3) is 0 Å². The van der Waals surface area contributed by atoms with Gasteiger partial charge >= 0.3 is 6.03 Å². The fourth-order valence-corrected chi connectivity index (χ4v) is 1.86. The molecule has 1 aliphatic rings. The third-order valence-electron chi connectivity index (χ3n) is 2.65. The highest BCUT2D eigenvalue weighted by Gasteiger charge is 2.22. The summed E-state index contributed by atoms with van der Waals surface area (Å²) in [5.41, 5.74) is 8.44. The molecule has 1 aliphatic heterocycles. The average Bonchev–Trinajstić information content (AvgIpc) is 2.27. The average molecular weight is 206 g/mol. The quantitative estimate of drug-likeness (QED) is 0.759. The van der Waals surface area contributed by atoms with Crippen molar-refractivity contribution >= 4 is 11.7 Å². The Kier molecular flexibility index (Phi) is 2.60. The van der Waals surface area contributed by atoms with Crippen LogP contribution in [0.4, 0.5) is 10.5 Å². The van der Waals surface area contributed by atoms with Gasteiger partial charge < -0.3 is 10.5 Å². The predicted octanol–water partition coefficient (Wildman–Crippen LogP) is 1.62. The van der Waals surface area contributed by atoms with Crippen LogP contribution in [0.15, 0.2) is 18.2 Å². The molecule has 1 heterocycles. The minimum Gasteiger partial charge on any atom is -0.356 e. The van der Waals surface area contributed by atoms with Crippen molar-refractivity contribution in [2.45, 2.75) is 20.0 Å². The van der Waals surface area contributed by atoms with Crippen molar-refractivity contribution in [1.29, 1.82) is 0 Å². The smallest absolute Gasteiger partial charge is 0.321 e. The molecule has 0 saturated heterocycles. The van der Waals surface area contributed by atoms with Gasteiger partial charge in [0.15, 0.2) is 0 Å². The van der Waals surface area contributed by atoms with Crippen molar-refractivity contribution in [3.8, 4) is 0 Å². The number of benzene rings is 1. The number of amides is 2. The molecule has 0 atom stereocenters. The van der Waals surface area contributed by atoms with Gasteiger partial charge in [-0.3, -0.25) is 4.90 Å². The van der Waals surface area contributed by atoms with Crippen LogP contribution in [0.5, 0.6) is 0 Å². The molecule has 4 heteroatoms. The van der Waals surface area contributed by atoms with E-state index in [4.69, 9.17) is 10.5 Å². The topological polar surface area (TPSA) is 55.6 Å². The molecule has 0 unspecified atom stereocenters. The summed E-state index contributed by atoms with van der Waals surface area (Å²) in [7, 11) is 0. The second-order valence-electron chi connectivity index (χ2n) is 3.51. The molecule has 0 bridgehead atoms. The number of urea groups is 1. The molecule has 0 spiro atoms. The second kappa shape index (κ2) is 3.90. The lowest BCUT2D eigenvalue weighted by molar-refractivity contribution is 0.113. The highest BCUT2D eigenvalue weighted by atomic mass is 16.5. The van der Waals surface area contributed by atoms with E-state index in [2.05, 4.69) is 6.92 Å². The van der Waals surface area contributed by atoms with E-state index in [1.54, 1.807) is 0 Å². The summed E-state index contributed by atoms with van der Waals surface area (Å²) in [5.74, 6) is 0. The second-order valence-corrected chi connectivity index (χ2v) is 3.51. The molecule has 0 fully saturated rings. The van der Waals surface area contributed by atoms with Crippen LogP contribution >= 0.6 is 0 Å². The van der Waals surface area contributed by atoms with E-state index < -0.39 is 6.03 Å². The van der Waals surface area contributed by atoms with E-state index in [0.29, 0.717) is 6.61 Å². The molecule has 4 nitrogen and oxygen atoms in total. The van der Waals surface area contributed by atoms with E-state index in [0.717, 1.165) is 17.7 Å². The summed E-state index contributed by atoms with van der Waals surface area (Å²) in [6.45, 7) is 2.89. The number of carbonyl (C=O) groups excluding carboxylic acids is 1. The van der Waals surface area contributed by atoms with E-state index in [9.17, 15) is 4.79 Å². The zero-order chi connectivity index (χ0) is 10.8. The summed E-state index contributed by atoms with van der Waals surface area (Å²) >= 11 is 0. The number of carbonyl (C=O) groups is 1. The van der Waals surface area contributed by atoms with Crippen LogP contribution in [0, 0.1) is 0 Å². The number of fused-ring (bicyclic) bond motifs is 1. The molecule has 2 amide bonds. The summed E-state index contributed by atoms with van der Waals surface area (Å²) in [5, 5.41) is 0. The van der Waals surface area contributed by atoms with Crippen molar-refractivity contribution in [3.63, 3.8) is 0 Å². The van der Waals surface area contributed by atoms with Crippen LogP contribution in [0.25, 0.3) is 0 Å². The van der Waals surface area contributed by atoms with Crippen molar-refractivity contribution in [2.24, 2.45) is 5.73 Å². The van der Waals surface area contributed by atoms with Crippen LogP contribution in [0.3, 0.4) is 0 Å². The number of anilines is 1. The first-order valence-corrected chi connectivity index (χ1v) is 4.99. The lowest BCUT2D eigenvalue weighted by Crippen LogP contribution is -2.40. The number of rotatable bonds is 1. The molecule has 0 saturated carbocycles. The van der Waals surface area contributed by atoms with Crippen LogP contribution in [-0.4, -0.2) is 12.8 Å². The number of ether oxygens (including phenoxy) is 1. The Hall–Kier alpha value is -1.55. The molecular weight excluding hydrogens is 192 g/mol. The van der Waals surface area contributed by atoms with Crippen LogP contribution < -0.4 is 10.6 Å². The lowest BCUT2D eigenvalue weighted by atomic mass is 10.0. The van der Waals surface area contributed by atoms with Gasteiger partial charge in [-0.25, -0.2) is 4.79 Å². The van der Waals surface area contributed by atoms with Gasteiger partial charge in [-0.2, -0.15) is 0 Å². The van der Waals surface area contributed by atoms with Gasteiger partial charge in [0.1, 0.15) is 6.73 Å². The number of hydrogen-bond donors (Lipinski definition) is 1. The molecule has 2 N–H and O–H groups in total. The largest absolute Gasteiger partial charge is 0.356 e. The highest BCUT2D eigenvalue weighted by molar-refractivity contribution is 5.91. The maximum Gasteiger partial charge on any atom is 0.321 e. The first-order chi connectivity index (χ1) is 7.24. The Bertz CT molecular complexity index is 390. The number of primary amides is 1. The molecule has 0 aromatic heterocycles. The fourth-order valence-electron chi connectivity index (χ4n) is 1.86. The molecule has 2 rings (SSSR count). The Morgan fingerprint density at radius 2 is 2.40 bits per heavy atom. The number of aryl methyl sites for hydroxylation is 1. The number of nitrogens with zero attached hydrogens (tertiary/aromatic N) is 1. The van der Waals surface area contributed by atoms with E-state index in [1.807, 2.05) is 18.2 Å². The first kappa shape index (κ1) is 9.98. The molecule has 15 heavy (non-hydrogen) atoms. The summed E-state index contributed by atoms with van der Waals surface area (Å²) < 4.78 is 5.34. The fraction of sp³-hybridized carbons (Fsp3) is 0.364. The zero-order valence-electron chi connectivity index (χ0n) is 8.69. The molecule has 1 aromatic carbocycles. The van der Waals surface area contributed by atoms with Crippen molar-refractivity contribution < 1.29 is 9.53 Å². The van der Waals surface area contributed by atoms with E-state index in [1.165, 1.54) is 10.5 Å². The maximum absolute atomic E-state index is 11.2. The minimum atomic E-state index is -0.468. The van der Waals surface area contributed by atoms with Crippen molar-refractivity contribution in [1.82, 2.24) is 0 Å². The van der Waals surface area contributed by atoms with Gasteiger partial charge in [0, 0.05) is 5.56 Å². The van der Waals surface area contributed by atoms with Crippen LogP contribution in [-0.2, 0) is 17.8 Å². The SMILES string of the molecule is CCc1cccc2c1COCN2C(N)=O. The number of hydrogen-bond acceptors (Lipinski definition) is 2. The Morgan fingerprint density at radius 3 is 3.07 bits per heavy atom. The lowest BCUT2D eigenvalue weighted by Gasteiger charge is -2.29. The standard InChI is InChI=1S/C11H14N2O2/c1-2-8-4-3-5-10-9(8)6-15-7-13(10)11(12)14/h3-5H,2,6-7H2,1H3,(H2,12,14). The van der Waals surface area contributed by atoms with Gasteiger partial charge in [-0.1, -0.05) is 19.1 Å².